The van der Waals surface area contributed by atoms with E-state index in [0.717, 1.165) is 17.9 Å². The summed E-state index contributed by atoms with van der Waals surface area (Å²) >= 11 is 0. The molecule has 0 aromatic rings. The predicted molar refractivity (Wildman–Crippen MR) is 77.6 cm³/mol. The molecule has 3 rings (SSSR count). The van der Waals surface area contributed by atoms with E-state index in [0.29, 0.717) is 5.41 Å². The highest BCUT2D eigenvalue weighted by Crippen LogP contribution is 2.55. The number of hydrogen-bond donors (Lipinski definition) is 1. The zero-order valence-electron chi connectivity index (χ0n) is 12.2. The van der Waals surface area contributed by atoms with Crippen LogP contribution >= 0.6 is 0 Å². The van der Waals surface area contributed by atoms with Crippen LogP contribution in [-0.2, 0) is 0 Å². The van der Waals surface area contributed by atoms with Gasteiger partial charge in [0.05, 0.1) is 0 Å². The molecule has 3 aliphatic rings. The molecule has 1 heteroatoms. The van der Waals surface area contributed by atoms with Gasteiger partial charge in [-0.05, 0) is 63.2 Å². The van der Waals surface area contributed by atoms with Crippen molar-refractivity contribution in [1.82, 2.24) is 5.32 Å². The van der Waals surface area contributed by atoms with E-state index in [2.05, 4.69) is 25.2 Å². The molecule has 0 heterocycles. The third-order valence-electron chi connectivity index (χ3n) is 5.53. The lowest BCUT2D eigenvalue weighted by Gasteiger charge is -2.52. The van der Waals surface area contributed by atoms with E-state index in [-0.39, 0.29) is 0 Å². The molecule has 2 saturated carbocycles. The summed E-state index contributed by atoms with van der Waals surface area (Å²) in [6, 6.07) is 0.865. The van der Waals surface area contributed by atoms with Gasteiger partial charge in [0.25, 0.3) is 0 Å². The van der Waals surface area contributed by atoms with E-state index in [9.17, 15) is 0 Å². The van der Waals surface area contributed by atoms with Gasteiger partial charge in [-0.3, -0.25) is 0 Å². The summed E-state index contributed by atoms with van der Waals surface area (Å²) in [5, 5.41) is 3.82. The van der Waals surface area contributed by atoms with E-state index in [1.807, 2.05) is 5.57 Å². The van der Waals surface area contributed by atoms with Gasteiger partial charge < -0.3 is 5.32 Å². The van der Waals surface area contributed by atoms with Crippen molar-refractivity contribution < 1.29 is 0 Å². The first kappa shape index (κ1) is 12.7. The lowest BCUT2D eigenvalue weighted by atomic mass is 9.54. The fraction of sp³-hybridized carbons (Fsp3) is 0.882. The molecule has 0 bridgehead atoms. The van der Waals surface area contributed by atoms with Crippen LogP contribution in [0.3, 0.4) is 0 Å². The Morgan fingerprint density at radius 2 is 2.06 bits per heavy atom. The van der Waals surface area contributed by atoms with Crippen molar-refractivity contribution >= 4 is 0 Å². The monoisotopic (exact) mass is 247 g/mol. The summed E-state index contributed by atoms with van der Waals surface area (Å²) < 4.78 is 0. The molecular formula is C17H29N. The Balaban J connectivity index is 1.65. The molecule has 0 aliphatic heterocycles. The van der Waals surface area contributed by atoms with Crippen molar-refractivity contribution in [1.29, 1.82) is 0 Å². The largest absolute Gasteiger partial charge is 0.313 e. The van der Waals surface area contributed by atoms with Crippen LogP contribution in [-0.4, -0.2) is 12.6 Å². The molecule has 102 valence electrons. The van der Waals surface area contributed by atoms with Crippen LogP contribution in [0.5, 0.6) is 0 Å². The maximum absolute atomic E-state index is 3.82. The number of allylic oxidation sites excluding steroid dienone is 1. The van der Waals surface area contributed by atoms with Crippen LogP contribution in [0.4, 0.5) is 0 Å². The Morgan fingerprint density at radius 3 is 2.61 bits per heavy atom. The topological polar surface area (TPSA) is 12.0 Å². The van der Waals surface area contributed by atoms with Gasteiger partial charge in [0.1, 0.15) is 0 Å². The van der Waals surface area contributed by atoms with E-state index >= 15 is 0 Å². The summed E-state index contributed by atoms with van der Waals surface area (Å²) in [6.07, 6.45) is 13.9. The van der Waals surface area contributed by atoms with Crippen molar-refractivity contribution in [3.63, 3.8) is 0 Å². The summed E-state index contributed by atoms with van der Waals surface area (Å²) in [4.78, 5) is 0. The van der Waals surface area contributed by atoms with Crippen LogP contribution in [0.15, 0.2) is 11.6 Å². The minimum Gasteiger partial charge on any atom is -0.313 e. The molecule has 1 nitrogen and oxygen atoms in total. The third kappa shape index (κ3) is 2.52. The average molecular weight is 247 g/mol. The van der Waals surface area contributed by atoms with E-state index in [4.69, 9.17) is 0 Å². The Bertz CT molecular complexity index is 313. The minimum absolute atomic E-state index is 0.567. The summed E-state index contributed by atoms with van der Waals surface area (Å²) in [7, 11) is 0. The van der Waals surface area contributed by atoms with Gasteiger partial charge in [-0.25, -0.2) is 0 Å². The van der Waals surface area contributed by atoms with Gasteiger partial charge in [0.15, 0.2) is 0 Å². The van der Waals surface area contributed by atoms with Crippen molar-refractivity contribution in [3.8, 4) is 0 Å². The van der Waals surface area contributed by atoms with Gasteiger partial charge >= 0.3 is 0 Å². The Morgan fingerprint density at radius 1 is 1.28 bits per heavy atom. The second-order valence-corrected chi connectivity index (χ2v) is 7.32. The second-order valence-electron chi connectivity index (χ2n) is 7.32. The van der Waals surface area contributed by atoms with Crippen LogP contribution in [0.1, 0.15) is 65.2 Å². The summed E-state index contributed by atoms with van der Waals surface area (Å²) in [6.45, 7) is 6.07. The highest BCUT2D eigenvalue weighted by Gasteiger charge is 2.47. The highest BCUT2D eigenvalue weighted by atomic mass is 15.0. The smallest absolute Gasteiger partial charge is 0.00685 e. The van der Waals surface area contributed by atoms with Crippen LogP contribution < -0.4 is 5.32 Å². The molecule has 0 amide bonds. The van der Waals surface area contributed by atoms with E-state index < -0.39 is 0 Å². The first-order chi connectivity index (χ1) is 8.70. The fourth-order valence-corrected chi connectivity index (χ4v) is 3.88. The molecule has 0 unspecified atom stereocenters. The van der Waals surface area contributed by atoms with Gasteiger partial charge in [-0.2, -0.15) is 0 Å². The summed E-state index contributed by atoms with van der Waals surface area (Å²) in [5.74, 6) is 1.86. The van der Waals surface area contributed by atoms with Gasteiger partial charge in [-0.1, -0.05) is 25.5 Å². The normalized spacial score (nSPS) is 36.4. The molecule has 0 aromatic heterocycles. The Hall–Kier alpha value is -0.300. The molecule has 0 aromatic carbocycles. The number of nitrogens with one attached hydrogen (secondary N) is 1. The molecule has 3 aliphatic carbocycles. The standard InChI is InChI=1S/C17H29N/c1-13(2)14-10-17(11-14,12-18-16-8-9-16)15-6-4-3-5-7-15/h6,13-14,16,18H,3-5,7-12H2,1-2H3. The van der Waals surface area contributed by atoms with Crippen LogP contribution in [0.2, 0.25) is 0 Å². The van der Waals surface area contributed by atoms with Gasteiger partial charge in [-0.15, -0.1) is 0 Å². The van der Waals surface area contributed by atoms with Crippen LogP contribution in [0, 0.1) is 17.3 Å². The first-order valence-corrected chi connectivity index (χ1v) is 8.12. The fourth-order valence-electron chi connectivity index (χ4n) is 3.88. The maximum atomic E-state index is 3.82. The minimum atomic E-state index is 0.567. The van der Waals surface area contributed by atoms with Gasteiger partial charge in [0, 0.05) is 18.0 Å². The van der Waals surface area contributed by atoms with Crippen molar-refractivity contribution in [2.75, 3.05) is 6.54 Å². The van der Waals surface area contributed by atoms with E-state index in [1.54, 1.807) is 0 Å². The third-order valence-corrected chi connectivity index (χ3v) is 5.53. The zero-order valence-corrected chi connectivity index (χ0v) is 12.2. The molecule has 0 saturated heterocycles. The van der Waals surface area contributed by atoms with Gasteiger partial charge in [0.2, 0.25) is 0 Å². The first-order valence-electron chi connectivity index (χ1n) is 8.12. The predicted octanol–water partition coefficient (Wildman–Crippen LogP) is 4.29. The van der Waals surface area contributed by atoms with Crippen molar-refractivity contribution in [2.45, 2.75) is 71.3 Å². The molecular weight excluding hydrogens is 218 g/mol. The lowest BCUT2D eigenvalue weighted by Crippen LogP contribution is -2.48. The molecule has 2 fully saturated rings. The lowest BCUT2D eigenvalue weighted by molar-refractivity contribution is 0.0546. The van der Waals surface area contributed by atoms with Crippen molar-refractivity contribution in [2.24, 2.45) is 17.3 Å². The quantitative estimate of drug-likeness (QED) is 0.715. The Labute approximate surface area is 112 Å². The van der Waals surface area contributed by atoms with E-state index in [1.165, 1.54) is 57.9 Å². The average Bonchev–Trinajstić information content (AvgIpc) is 3.12. The van der Waals surface area contributed by atoms with Crippen LogP contribution in [0.25, 0.3) is 0 Å². The second kappa shape index (κ2) is 5.00. The van der Waals surface area contributed by atoms with Crippen molar-refractivity contribution in [3.05, 3.63) is 11.6 Å². The number of hydrogen-bond acceptors (Lipinski definition) is 1. The SMILES string of the molecule is CC(C)C1CC(CNC2CC2)(C2=CCCCC2)C1. The Kier molecular flexibility index (Phi) is 3.53. The molecule has 0 atom stereocenters. The number of rotatable bonds is 5. The molecule has 0 radical (unpaired) electrons. The summed E-state index contributed by atoms with van der Waals surface area (Å²) in [5.41, 5.74) is 2.39. The maximum Gasteiger partial charge on any atom is 0.00685 e. The highest BCUT2D eigenvalue weighted by molar-refractivity contribution is 5.22. The molecule has 18 heavy (non-hydrogen) atoms. The molecule has 1 N–H and O–H groups in total. The molecule has 0 spiro atoms. The zero-order chi connectivity index (χ0) is 12.6.